The number of morpholine rings is 1. The molecule has 3 aromatic carbocycles. The lowest BCUT2D eigenvalue weighted by atomic mass is 9.95. The van der Waals surface area contributed by atoms with E-state index in [9.17, 15) is 14.4 Å². The Balaban J connectivity index is 1.69. The molecule has 1 saturated heterocycles. The van der Waals surface area contributed by atoms with Gasteiger partial charge in [-0.3, -0.25) is 19.3 Å². The number of hydrogen-bond donors (Lipinski definition) is 0. The van der Waals surface area contributed by atoms with Gasteiger partial charge in [-0.25, -0.2) is 0 Å². The van der Waals surface area contributed by atoms with E-state index in [1.165, 1.54) is 4.90 Å². The molecule has 0 saturated carbocycles. The van der Waals surface area contributed by atoms with Gasteiger partial charge in [-0.1, -0.05) is 70.7 Å². The molecule has 0 N–H and O–H groups in total. The molecule has 1 aliphatic rings. The van der Waals surface area contributed by atoms with Crippen LogP contribution in [0.15, 0.2) is 66.7 Å². The van der Waals surface area contributed by atoms with Crippen molar-refractivity contribution >= 4 is 69.9 Å². The third kappa shape index (κ3) is 7.93. The van der Waals surface area contributed by atoms with E-state index in [0.717, 1.165) is 5.56 Å². The summed E-state index contributed by atoms with van der Waals surface area (Å²) in [4.78, 5) is 42.8. The second kappa shape index (κ2) is 14.4. The van der Waals surface area contributed by atoms with Crippen LogP contribution >= 0.6 is 46.4 Å². The minimum atomic E-state index is -1.09. The molecule has 1 fully saturated rings. The predicted molar refractivity (Wildman–Crippen MR) is 161 cm³/mol. The van der Waals surface area contributed by atoms with E-state index in [1.54, 1.807) is 78.6 Å². The van der Waals surface area contributed by atoms with Gasteiger partial charge in [0.2, 0.25) is 0 Å². The van der Waals surface area contributed by atoms with Crippen LogP contribution in [0.5, 0.6) is 0 Å². The average molecular weight is 638 g/mol. The van der Waals surface area contributed by atoms with Crippen LogP contribution in [0.2, 0.25) is 20.1 Å². The Hall–Kier alpha value is -2.81. The summed E-state index contributed by atoms with van der Waals surface area (Å²) in [5.74, 6) is -1.15. The zero-order chi connectivity index (χ0) is 29.5. The van der Waals surface area contributed by atoms with Crippen molar-refractivity contribution in [2.45, 2.75) is 31.9 Å². The summed E-state index contributed by atoms with van der Waals surface area (Å²) in [6.07, 6.45) is -0.695. The molecule has 0 aliphatic carbocycles. The highest BCUT2D eigenvalue weighted by Crippen LogP contribution is 2.37. The number of amides is 2. The zero-order valence-electron chi connectivity index (χ0n) is 22.2. The average Bonchev–Trinajstić information content (AvgIpc) is 2.94. The van der Waals surface area contributed by atoms with Crippen LogP contribution in [0.3, 0.4) is 0 Å². The van der Waals surface area contributed by atoms with Crippen molar-refractivity contribution in [1.82, 2.24) is 4.90 Å². The van der Waals surface area contributed by atoms with E-state index in [-0.39, 0.29) is 44.5 Å². The first-order chi connectivity index (χ1) is 19.7. The quantitative estimate of drug-likeness (QED) is 0.229. The smallest absolute Gasteiger partial charge is 0.307 e. The molecule has 4 rings (SSSR count). The molecule has 41 heavy (non-hydrogen) atoms. The summed E-state index contributed by atoms with van der Waals surface area (Å²) in [7, 11) is 0. The van der Waals surface area contributed by atoms with Crippen molar-refractivity contribution < 1.29 is 23.9 Å². The summed E-state index contributed by atoms with van der Waals surface area (Å²) >= 11 is 24.9. The normalized spacial score (nSPS) is 16.9. The van der Waals surface area contributed by atoms with Gasteiger partial charge in [0.25, 0.3) is 11.8 Å². The second-order valence-electron chi connectivity index (χ2n) is 9.34. The van der Waals surface area contributed by atoms with Crippen molar-refractivity contribution in [3.05, 3.63) is 97.9 Å². The standard InChI is InChI=1S/C30H28Cl4N2O5/c1-2-40-27(38)13-15-35(14-12-19-6-11-23(33)17-25(19)34)30(39)29-28(20-7-9-21(31)10-8-20)36(26(37)18-41-29)24-5-3-4-22(32)16-24/h3-11,16-17,28-29H,2,12-15,18H2,1H3/t28-,29-/m1/s1. The Morgan fingerprint density at radius 1 is 0.951 bits per heavy atom. The van der Waals surface area contributed by atoms with Gasteiger partial charge in [-0.05, 0) is 66.9 Å². The maximum Gasteiger partial charge on any atom is 0.307 e. The molecule has 0 bridgehead atoms. The highest BCUT2D eigenvalue weighted by atomic mass is 35.5. The van der Waals surface area contributed by atoms with E-state index in [2.05, 4.69) is 0 Å². The van der Waals surface area contributed by atoms with Crippen molar-refractivity contribution in [3.8, 4) is 0 Å². The molecule has 0 aromatic heterocycles. The third-order valence-corrected chi connectivity index (χ3v) is 7.70. The van der Waals surface area contributed by atoms with Crippen LogP contribution in [0, 0.1) is 0 Å². The maximum absolute atomic E-state index is 14.2. The molecule has 0 radical (unpaired) electrons. The number of carbonyl (C=O) groups excluding carboxylic acids is 3. The van der Waals surface area contributed by atoms with Crippen LogP contribution in [0.4, 0.5) is 5.69 Å². The number of hydrogen-bond acceptors (Lipinski definition) is 5. The van der Waals surface area contributed by atoms with Crippen LogP contribution in [-0.2, 0) is 30.3 Å². The molecule has 3 aromatic rings. The topological polar surface area (TPSA) is 76.1 Å². The van der Waals surface area contributed by atoms with Crippen molar-refractivity contribution in [2.24, 2.45) is 0 Å². The van der Waals surface area contributed by atoms with E-state index in [4.69, 9.17) is 55.9 Å². The Labute approximate surface area is 258 Å². The monoisotopic (exact) mass is 636 g/mol. The van der Waals surface area contributed by atoms with Crippen LogP contribution in [0.1, 0.15) is 30.5 Å². The number of nitrogens with zero attached hydrogens (tertiary/aromatic N) is 2. The first-order valence-electron chi connectivity index (χ1n) is 13.0. The first-order valence-corrected chi connectivity index (χ1v) is 14.5. The van der Waals surface area contributed by atoms with Crippen LogP contribution in [0.25, 0.3) is 0 Å². The summed E-state index contributed by atoms with van der Waals surface area (Å²) in [5.41, 5.74) is 1.96. The van der Waals surface area contributed by atoms with E-state index < -0.39 is 18.1 Å². The lowest BCUT2D eigenvalue weighted by Crippen LogP contribution is -2.56. The number of esters is 1. The van der Waals surface area contributed by atoms with Gasteiger partial charge in [0, 0.05) is 38.9 Å². The van der Waals surface area contributed by atoms with Crippen LogP contribution in [-0.4, -0.2) is 55.1 Å². The number of halogens is 4. The van der Waals surface area contributed by atoms with E-state index in [1.807, 2.05) is 0 Å². The van der Waals surface area contributed by atoms with Gasteiger partial charge < -0.3 is 14.4 Å². The molecule has 7 nitrogen and oxygen atoms in total. The molecule has 0 spiro atoms. The summed E-state index contributed by atoms with van der Waals surface area (Å²) in [6.45, 7) is 1.95. The molecule has 1 aliphatic heterocycles. The molecular weight excluding hydrogens is 610 g/mol. The lowest BCUT2D eigenvalue weighted by molar-refractivity contribution is -0.153. The summed E-state index contributed by atoms with van der Waals surface area (Å²) in [5, 5.41) is 1.92. The fourth-order valence-electron chi connectivity index (χ4n) is 4.68. The second-order valence-corrected chi connectivity index (χ2v) is 11.1. The summed E-state index contributed by atoms with van der Waals surface area (Å²) < 4.78 is 11.0. The Bertz CT molecular complexity index is 1400. The SMILES string of the molecule is CCOC(=O)CCN(CCc1ccc(Cl)cc1Cl)C(=O)[C@@H]1OCC(=O)N(c2cccc(Cl)c2)[C@@H]1c1ccc(Cl)cc1. The highest BCUT2D eigenvalue weighted by Gasteiger charge is 2.44. The van der Waals surface area contributed by atoms with Gasteiger partial charge in [-0.2, -0.15) is 0 Å². The van der Waals surface area contributed by atoms with E-state index in [0.29, 0.717) is 37.8 Å². The van der Waals surface area contributed by atoms with Gasteiger partial charge >= 0.3 is 5.97 Å². The van der Waals surface area contributed by atoms with Crippen LogP contribution < -0.4 is 4.90 Å². The third-order valence-electron chi connectivity index (χ3n) is 6.63. The molecule has 2 amide bonds. The Kier molecular flexibility index (Phi) is 10.9. The molecule has 1 heterocycles. The fraction of sp³-hybridized carbons (Fsp3) is 0.300. The number of anilines is 1. The predicted octanol–water partition coefficient (Wildman–Crippen LogP) is 6.80. The molecular formula is C30H28Cl4N2O5. The van der Waals surface area contributed by atoms with Crippen molar-refractivity contribution in [3.63, 3.8) is 0 Å². The molecule has 2 atom stereocenters. The largest absolute Gasteiger partial charge is 0.466 e. The van der Waals surface area contributed by atoms with Gasteiger partial charge in [0.1, 0.15) is 6.61 Å². The van der Waals surface area contributed by atoms with Crippen molar-refractivity contribution in [2.75, 3.05) is 31.2 Å². The fourth-order valence-corrected chi connectivity index (χ4v) is 5.50. The highest BCUT2D eigenvalue weighted by molar-refractivity contribution is 6.35. The Morgan fingerprint density at radius 3 is 2.34 bits per heavy atom. The van der Waals surface area contributed by atoms with Gasteiger partial charge in [0.15, 0.2) is 6.10 Å². The lowest BCUT2D eigenvalue weighted by Gasteiger charge is -2.42. The van der Waals surface area contributed by atoms with Crippen molar-refractivity contribution in [1.29, 1.82) is 0 Å². The first kappa shape index (κ1) is 31.1. The number of rotatable bonds is 10. The Morgan fingerprint density at radius 2 is 1.66 bits per heavy atom. The molecule has 0 unspecified atom stereocenters. The van der Waals surface area contributed by atoms with Gasteiger partial charge in [0.05, 0.1) is 19.1 Å². The minimum absolute atomic E-state index is 0.0107. The molecule has 216 valence electrons. The molecule has 11 heteroatoms. The maximum atomic E-state index is 14.2. The minimum Gasteiger partial charge on any atom is -0.466 e. The zero-order valence-corrected chi connectivity index (χ0v) is 25.2. The number of ether oxygens (including phenoxy) is 2. The van der Waals surface area contributed by atoms with E-state index >= 15 is 0 Å². The number of benzene rings is 3. The van der Waals surface area contributed by atoms with Gasteiger partial charge in [-0.15, -0.1) is 0 Å². The number of carbonyl (C=O) groups is 3. The summed E-state index contributed by atoms with van der Waals surface area (Å²) in [6, 6.07) is 18.1.